The number of rotatable bonds is 8. The van der Waals surface area contributed by atoms with Crippen LogP contribution in [0.4, 0.5) is 0 Å². The minimum Gasteiger partial charge on any atom is -0.483 e. The van der Waals surface area contributed by atoms with Gasteiger partial charge in [0.15, 0.2) is 6.61 Å². The monoisotopic (exact) mass is 598 g/mol. The van der Waals surface area contributed by atoms with Crippen LogP contribution >= 0.6 is 38.9 Å². The summed E-state index contributed by atoms with van der Waals surface area (Å²) in [5.41, 5.74) is 5.22. The molecule has 4 aromatic rings. The topological polar surface area (TPSA) is 77.0 Å². The lowest BCUT2D eigenvalue weighted by molar-refractivity contribution is -0.123. The number of benzene rings is 3. The Morgan fingerprint density at radius 1 is 1.14 bits per heavy atom. The van der Waals surface area contributed by atoms with Crippen molar-refractivity contribution in [1.29, 1.82) is 0 Å². The number of ether oxygens (including phenoxy) is 2. The van der Waals surface area contributed by atoms with E-state index in [-0.39, 0.29) is 18.4 Å². The van der Waals surface area contributed by atoms with Gasteiger partial charge >= 0.3 is 5.97 Å². The molecule has 0 fully saturated rings. The first-order valence-electron chi connectivity index (χ1n) is 11.5. The van der Waals surface area contributed by atoms with Crippen molar-refractivity contribution in [1.82, 2.24) is 5.43 Å². The van der Waals surface area contributed by atoms with Crippen LogP contribution in [-0.2, 0) is 4.79 Å². The number of carbonyl (C=O) groups excluding carboxylic acids is 2. The molecule has 37 heavy (non-hydrogen) atoms. The first-order valence-corrected chi connectivity index (χ1v) is 13.5. The molecular weight excluding hydrogens is 576 g/mol. The maximum Gasteiger partial charge on any atom is 0.355 e. The number of fused-ring (bicyclic) bond motifs is 1. The predicted octanol–water partition coefficient (Wildman–Crippen LogP) is 7.50. The van der Waals surface area contributed by atoms with Gasteiger partial charge in [0.25, 0.3) is 5.91 Å². The lowest BCUT2D eigenvalue weighted by Gasteiger charge is -2.15. The average Bonchev–Trinajstić information content (AvgIpc) is 3.22. The van der Waals surface area contributed by atoms with Crippen molar-refractivity contribution in [2.45, 2.75) is 26.7 Å². The standard InChI is InChI=1S/C28H24BrClN2O4S/c1-16(2)21-13-22(29)17(3)12-23(21)35-15-25(33)32-31-14-18-8-10-19(11-9-18)36-28(34)27-26(30)20-6-4-5-7-24(20)37-27/h4-14,16H,15H2,1-3H3,(H,32,33)/b31-14+. The third kappa shape index (κ3) is 6.57. The summed E-state index contributed by atoms with van der Waals surface area (Å²) in [6.45, 7) is 5.95. The van der Waals surface area contributed by atoms with E-state index in [1.807, 2.05) is 43.3 Å². The predicted molar refractivity (Wildman–Crippen MR) is 152 cm³/mol. The summed E-state index contributed by atoms with van der Waals surface area (Å²) in [7, 11) is 0. The number of aryl methyl sites for hydroxylation is 1. The number of nitrogens with one attached hydrogen (secondary N) is 1. The normalized spacial score (nSPS) is 11.3. The smallest absolute Gasteiger partial charge is 0.355 e. The number of thiophene rings is 1. The van der Waals surface area contributed by atoms with Gasteiger partial charge in [-0.05, 0) is 72.0 Å². The lowest BCUT2D eigenvalue weighted by atomic mass is 10.0. The van der Waals surface area contributed by atoms with Crippen molar-refractivity contribution in [3.63, 3.8) is 0 Å². The minimum absolute atomic E-state index is 0.159. The van der Waals surface area contributed by atoms with Crippen molar-refractivity contribution < 1.29 is 19.1 Å². The zero-order chi connectivity index (χ0) is 26.5. The van der Waals surface area contributed by atoms with Crippen LogP contribution in [0.25, 0.3) is 10.1 Å². The lowest BCUT2D eigenvalue weighted by Crippen LogP contribution is -2.25. The molecule has 9 heteroatoms. The third-order valence-corrected chi connectivity index (χ3v) is 8.00. The Labute approximate surface area is 232 Å². The van der Waals surface area contributed by atoms with E-state index in [1.54, 1.807) is 24.3 Å². The molecule has 6 nitrogen and oxygen atoms in total. The van der Waals surface area contributed by atoms with Crippen LogP contribution in [-0.4, -0.2) is 24.7 Å². The molecule has 3 aromatic carbocycles. The number of halogens is 2. The highest BCUT2D eigenvalue weighted by molar-refractivity contribution is 9.10. The summed E-state index contributed by atoms with van der Waals surface area (Å²) in [6.07, 6.45) is 1.50. The Balaban J connectivity index is 1.30. The van der Waals surface area contributed by atoms with Gasteiger partial charge in [-0.25, -0.2) is 10.2 Å². The molecule has 0 aliphatic heterocycles. The van der Waals surface area contributed by atoms with Gasteiger partial charge in [0.05, 0.1) is 11.2 Å². The zero-order valence-electron chi connectivity index (χ0n) is 20.4. The van der Waals surface area contributed by atoms with Crippen LogP contribution < -0.4 is 14.9 Å². The molecule has 0 atom stereocenters. The van der Waals surface area contributed by atoms with E-state index >= 15 is 0 Å². The van der Waals surface area contributed by atoms with Gasteiger partial charge in [-0.1, -0.05) is 59.6 Å². The summed E-state index contributed by atoms with van der Waals surface area (Å²) in [5, 5.41) is 5.20. The molecule has 4 rings (SSSR count). The molecule has 1 heterocycles. The number of hydrogen-bond donors (Lipinski definition) is 1. The Morgan fingerprint density at radius 3 is 2.57 bits per heavy atom. The Hall–Kier alpha value is -3.20. The van der Waals surface area contributed by atoms with E-state index in [9.17, 15) is 9.59 Å². The second-order valence-electron chi connectivity index (χ2n) is 8.58. The molecule has 1 N–H and O–H groups in total. The molecule has 0 aliphatic carbocycles. The molecule has 0 saturated heterocycles. The molecule has 0 aliphatic rings. The highest BCUT2D eigenvalue weighted by Crippen LogP contribution is 2.36. The van der Waals surface area contributed by atoms with Crippen molar-refractivity contribution in [3.05, 3.63) is 91.7 Å². The maximum absolute atomic E-state index is 12.6. The van der Waals surface area contributed by atoms with E-state index in [0.29, 0.717) is 27.0 Å². The third-order valence-electron chi connectivity index (χ3n) is 5.49. The molecule has 1 amide bonds. The molecule has 0 bridgehead atoms. The molecule has 190 valence electrons. The van der Waals surface area contributed by atoms with E-state index in [4.69, 9.17) is 21.1 Å². The van der Waals surface area contributed by atoms with Crippen LogP contribution in [0, 0.1) is 6.92 Å². The molecule has 0 spiro atoms. The van der Waals surface area contributed by atoms with Crippen LogP contribution in [0.5, 0.6) is 11.5 Å². The highest BCUT2D eigenvalue weighted by atomic mass is 79.9. The quantitative estimate of drug-likeness (QED) is 0.0985. The van der Waals surface area contributed by atoms with Crippen molar-refractivity contribution in [2.75, 3.05) is 6.61 Å². The summed E-state index contributed by atoms with van der Waals surface area (Å²) >= 11 is 11.2. The van der Waals surface area contributed by atoms with Gasteiger partial charge in [0, 0.05) is 14.6 Å². The van der Waals surface area contributed by atoms with Crippen molar-refractivity contribution in [2.24, 2.45) is 5.10 Å². The van der Waals surface area contributed by atoms with Gasteiger partial charge in [0.2, 0.25) is 0 Å². The van der Waals surface area contributed by atoms with Crippen LogP contribution in [0.1, 0.15) is 46.1 Å². The van der Waals surface area contributed by atoms with E-state index in [2.05, 4.69) is 40.3 Å². The van der Waals surface area contributed by atoms with Crippen LogP contribution in [0.15, 0.2) is 70.2 Å². The van der Waals surface area contributed by atoms with Crippen LogP contribution in [0.2, 0.25) is 5.02 Å². The average molecular weight is 600 g/mol. The largest absolute Gasteiger partial charge is 0.483 e. The van der Waals surface area contributed by atoms with E-state index in [0.717, 1.165) is 25.7 Å². The van der Waals surface area contributed by atoms with Gasteiger partial charge in [-0.15, -0.1) is 11.3 Å². The second kappa shape index (κ2) is 11.9. The van der Waals surface area contributed by atoms with Crippen LogP contribution in [0.3, 0.4) is 0 Å². The number of nitrogens with zero attached hydrogens (tertiary/aromatic N) is 1. The van der Waals surface area contributed by atoms with E-state index in [1.165, 1.54) is 17.6 Å². The van der Waals surface area contributed by atoms with Crippen molar-refractivity contribution >= 4 is 67.0 Å². The summed E-state index contributed by atoms with van der Waals surface area (Å²) in [5.74, 6) is 0.409. The number of esters is 1. The number of carbonyl (C=O) groups is 2. The highest BCUT2D eigenvalue weighted by Gasteiger charge is 2.19. The molecule has 0 unspecified atom stereocenters. The fourth-order valence-corrected chi connectivity index (χ4v) is 5.27. The first kappa shape index (κ1) is 26.9. The fourth-order valence-electron chi connectivity index (χ4n) is 3.52. The molecular formula is C28H24BrClN2O4S. The zero-order valence-corrected chi connectivity index (χ0v) is 23.5. The summed E-state index contributed by atoms with van der Waals surface area (Å²) < 4.78 is 13.2. The minimum atomic E-state index is -0.513. The fraction of sp³-hybridized carbons (Fsp3) is 0.179. The Bertz CT molecular complexity index is 1480. The number of hydrazone groups is 1. The number of hydrogen-bond acceptors (Lipinski definition) is 6. The Morgan fingerprint density at radius 2 is 1.86 bits per heavy atom. The van der Waals surface area contributed by atoms with Crippen molar-refractivity contribution in [3.8, 4) is 11.5 Å². The molecule has 0 saturated carbocycles. The first-order chi connectivity index (χ1) is 17.7. The SMILES string of the molecule is Cc1cc(OCC(=O)N/N=C/c2ccc(OC(=O)c3sc4ccccc4c3Cl)cc2)c(C(C)C)cc1Br. The number of amides is 1. The summed E-state index contributed by atoms with van der Waals surface area (Å²) in [4.78, 5) is 25.2. The van der Waals surface area contributed by atoms with E-state index < -0.39 is 5.97 Å². The molecule has 1 aromatic heterocycles. The van der Waals surface area contributed by atoms with Gasteiger partial charge in [-0.3, -0.25) is 4.79 Å². The molecule has 0 radical (unpaired) electrons. The van der Waals surface area contributed by atoms with Gasteiger partial charge < -0.3 is 9.47 Å². The maximum atomic E-state index is 12.6. The van der Waals surface area contributed by atoms with Gasteiger partial charge in [0.1, 0.15) is 16.4 Å². The van der Waals surface area contributed by atoms with Gasteiger partial charge in [-0.2, -0.15) is 5.10 Å². The summed E-state index contributed by atoms with van der Waals surface area (Å²) in [6, 6.07) is 18.2. The Kier molecular flexibility index (Phi) is 8.63. The second-order valence-corrected chi connectivity index (χ2v) is 10.9.